The summed E-state index contributed by atoms with van der Waals surface area (Å²) < 4.78 is 10.8. The minimum absolute atomic E-state index is 0.298. The zero-order valence-electron chi connectivity index (χ0n) is 7.60. The summed E-state index contributed by atoms with van der Waals surface area (Å²) in [5.41, 5.74) is 0. The number of rotatable bonds is 4. The van der Waals surface area contributed by atoms with Crippen molar-refractivity contribution in [2.24, 2.45) is 0 Å². The Morgan fingerprint density at radius 3 is 2.17 bits per heavy atom. The van der Waals surface area contributed by atoms with E-state index < -0.39 is 19.9 Å². The first-order valence-corrected chi connectivity index (χ1v) is 5.38. The number of aliphatic hydroxyl groups excluding tert-OH is 1. The molecule has 0 aliphatic rings. The van der Waals surface area contributed by atoms with Crippen LogP contribution in [-0.4, -0.2) is 54.4 Å². The van der Waals surface area contributed by atoms with E-state index in [1.54, 1.807) is 0 Å². The Balaban J connectivity index is 3.91. The molecular weight excluding hydrogens is 181 g/mol. The number of hydrogen-bond donors (Lipinski definition) is 2. The first kappa shape index (κ1) is 12.1. The molecule has 0 aromatic carbocycles. The molecule has 6 heteroatoms. The fourth-order valence-electron chi connectivity index (χ4n) is 0.956. The van der Waals surface area contributed by atoms with Crippen molar-refractivity contribution in [2.45, 2.75) is 6.10 Å². The highest BCUT2D eigenvalue weighted by molar-refractivity contribution is 7.50. The number of likely N-dealkylation sites (N-methyl/N-ethyl adjacent to an activating group) is 1. The van der Waals surface area contributed by atoms with Crippen molar-refractivity contribution >= 4 is 7.60 Å². The summed E-state index contributed by atoms with van der Waals surface area (Å²) in [5, 5.41) is 9.17. The lowest BCUT2D eigenvalue weighted by Gasteiger charge is -2.28. The second kappa shape index (κ2) is 3.85. The van der Waals surface area contributed by atoms with Crippen molar-refractivity contribution in [3.05, 3.63) is 0 Å². The fraction of sp³-hybridized carbons (Fsp3) is 1.00. The molecule has 12 heavy (non-hydrogen) atoms. The molecule has 0 bridgehead atoms. The summed E-state index contributed by atoms with van der Waals surface area (Å²) >= 11 is 0. The molecule has 0 aliphatic carbocycles. The van der Waals surface area contributed by atoms with Crippen LogP contribution in [0.4, 0.5) is 0 Å². The third kappa shape index (κ3) is 8.17. The van der Waals surface area contributed by atoms with Gasteiger partial charge in [-0.05, 0) is 0 Å². The SMILES string of the molecule is C[N+](C)(C)C[C@@H](O)CP(=O)([O-])O. The van der Waals surface area contributed by atoms with Gasteiger partial charge >= 0.3 is 0 Å². The van der Waals surface area contributed by atoms with Crippen LogP contribution in [0.1, 0.15) is 0 Å². The van der Waals surface area contributed by atoms with Crippen LogP contribution in [-0.2, 0) is 4.57 Å². The highest BCUT2D eigenvalue weighted by atomic mass is 31.2. The van der Waals surface area contributed by atoms with Gasteiger partial charge in [-0.3, -0.25) is 0 Å². The average molecular weight is 197 g/mol. The standard InChI is InChI=1S/C6H16NO4P/c1-7(2,3)4-6(8)5-12(9,10)11/h6,8H,4-5H2,1-3H3,(H-,9,10,11)/t6-/m1/s1. The van der Waals surface area contributed by atoms with E-state index in [1.807, 2.05) is 21.1 Å². The van der Waals surface area contributed by atoms with Gasteiger partial charge in [-0.2, -0.15) is 0 Å². The van der Waals surface area contributed by atoms with Crippen LogP contribution in [0.2, 0.25) is 0 Å². The van der Waals surface area contributed by atoms with Gasteiger partial charge in [0, 0.05) is 6.16 Å². The number of aliphatic hydroxyl groups is 1. The summed E-state index contributed by atoms with van der Waals surface area (Å²) in [6, 6.07) is 0. The normalized spacial score (nSPS) is 20.2. The molecule has 0 saturated carbocycles. The quantitative estimate of drug-likeness (QED) is 0.429. The summed E-state index contributed by atoms with van der Waals surface area (Å²) in [6.07, 6.45) is -1.57. The molecule has 0 rings (SSSR count). The average Bonchev–Trinajstić information content (AvgIpc) is 1.49. The zero-order valence-corrected chi connectivity index (χ0v) is 8.49. The number of quaternary nitrogens is 1. The zero-order chi connectivity index (χ0) is 9.99. The molecule has 0 spiro atoms. The first-order chi connectivity index (χ1) is 5.10. The van der Waals surface area contributed by atoms with Crippen molar-refractivity contribution in [1.82, 2.24) is 0 Å². The molecule has 0 radical (unpaired) electrons. The largest absolute Gasteiger partial charge is 0.779 e. The van der Waals surface area contributed by atoms with E-state index in [2.05, 4.69) is 0 Å². The van der Waals surface area contributed by atoms with E-state index in [4.69, 9.17) is 4.89 Å². The number of nitrogens with zero attached hydrogens (tertiary/aromatic N) is 1. The van der Waals surface area contributed by atoms with E-state index in [0.717, 1.165) is 0 Å². The first-order valence-electron chi connectivity index (χ1n) is 3.61. The highest BCUT2D eigenvalue weighted by Gasteiger charge is 2.18. The molecule has 2 atom stereocenters. The molecule has 0 fully saturated rings. The molecule has 0 aromatic rings. The lowest BCUT2D eigenvalue weighted by Crippen LogP contribution is -2.42. The van der Waals surface area contributed by atoms with Crippen molar-refractivity contribution < 1.29 is 23.9 Å². The molecule has 5 nitrogen and oxygen atoms in total. The molecule has 74 valence electrons. The Labute approximate surface area is 72.4 Å². The van der Waals surface area contributed by atoms with Gasteiger partial charge in [0.25, 0.3) is 0 Å². The van der Waals surface area contributed by atoms with Gasteiger partial charge in [0.2, 0.25) is 0 Å². The van der Waals surface area contributed by atoms with Crippen LogP contribution in [0.5, 0.6) is 0 Å². The van der Waals surface area contributed by atoms with Gasteiger partial charge in [-0.25, -0.2) is 0 Å². The van der Waals surface area contributed by atoms with Crippen molar-refractivity contribution in [3.8, 4) is 0 Å². The predicted octanol–water partition coefficient (Wildman–Crippen LogP) is -1.40. The minimum atomic E-state index is -4.32. The van der Waals surface area contributed by atoms with E-state index in [1.165, 1.54) is 0 Å². The van der Waals surface area contributed by atoms with Gasteiger partial charge in [-0.15, -0.1) is 0 Å². The maximum Gasteiger partial charge on any atom is 0.135 e. The van der Waals surface area contributed by atoms with Crippen molar-refractivity contribution in [1.29, 1.82) is 0 Å². The topological polar surface area (TPSA) is 80.6 Å². The smallest absolute Gasteiger partial charge is 0.135 e. The molecule has 1 unspecified atom stereocenters. The van der Waals surface area contributed by atoms with Gasteiger partial charge in [0.05, 0.1) is 21.1 Å². The molecule has 0 saturated heterocycles. The van der Waals surface area contributed by atoms with Crippen LogP contribution in [0, 0.1) is 0 Å². The Kier molecular flexibility index (Phi) is 3.87. The second-order valence-electron chi connectivity index (χ2n) is 3.95. The summed E-state index contributed by atoms with van der Waals surface area (Å²) in [4.78, 5) is 18.8. The van der Waals surface area contributed by atoms with Crippen molar-refractivity contribution in [3.63, 3.8) is 0 Å². The molecule has 0 aromatic heterocycles. The van der Waals surface area contributed by atoms with Crippen LogP contribution >= 0.6 is 7.60 Å². The molecular formula is C6H16NO4P. The van der Waals surface area contributed by atoms with Crippen LogP contribution < -0.4 is 4.89 Å². The van der Waals surface area contributed by atoms with E-state index in [9.17, 15) is 14.6 Å². The van der Waals surface area contributed by atoms with Crippen molar-refractivity contribution in [2.75, 3.05) is 33.8 Å². The Morgan fingerprint density at radius 2 is 1.92 bits per heavy atom. The van der Waals surface area contributed by atoms with Crippen LogP contribution in [0.3, 0.4) is 0 Å². The van der Waals surface area contributed by atoms with E-state index in [-0.39, 0.29) is 0 Å². The Hall–Kier alpha value is 0.0700. The molecule has 0 heterocycles. The summed E-state index contributed by atoms with van der Waals surface area (Å²) in [7, 11) is 1.17. The predicted molar refractivity (Wildman–Crippen MR) is 43.6 cm³/mol. The monoisotopic (exact) mass is 197 g/mol. The molecule has 0 aliphatic heterocycles. The third-order valence-corrected chi connectivity index (χ3v) is 2.08. The highest BCUT2D eigenvalue weighted by Crippen LogP contribution is 2.29. The summed E-state index contributed by atoms with van der Waals surface area (Å²) in [5.74, 6) is 0. The summed E-state index contributed by atoms with van der Waals surface area (Å²) in [6.45, 7) is 0.298. The van der Waals surface area contributed by atoms with Crippen LogP contribution in [0.15, 0.2) is 0 Å². The lowest BCUT2D eigenvalue weighted by molar-refractivity contribution is -0.873. The molecule has 2 N–H and O–H groups in total. The van der Waals surface area contributed by atoms with E-state index in [0.29, 0.717) is 11.0 Å². The fourth-order valence-corrected chi connectivity index (χ4v) is 1.60. The minimum Gasteiger partial charge on any atom is -0.779 e. The van der Waals surface area contributed by atoms with Gasteiger partial charge in [0.15, 0.2) is 0 Å². The number of hydrogen-bond acceptors (Lipinski definition) is 3. The third-order valence-electron chi connectivity index (χ3n) is 1.20. The second-order valence-corrected chi connectivity index (χ2v) is 5.59. The Morgan fingerprint density at radius 1 is 1.50 bits per heavy atom. The molecule has 0 amide bonds. The lowest BCUT2D eigenvalue weighted by atomic mass is 10.3. The maximum atomic E-state index is 10.3. The van der Waals surface area contributed by atoms with Gasteiger partial charge in [0.1, 0.15) is 20.2 Å². The van der Waals surface area contributed by atoms with Gasteiger partial charge in [-0.1, -0.05) is 0 Å². The Bertz CT molecular complexity index is 182. The maximum absolute atomic E-state index is 10.3. The van der Waals surface area contributed by atoms with Crippen LogP contribution in [0.25, 0.3) is 0 Å². The van der Waals surface area contributed by atoms with E-state index >= 15 is 0 Å². The van der Waals surface area contributed by atoms with Gasteiger partial charge < -0.3 is 23.9 Å².